The predicted octanol–water partition coefficient (Wildman–Crippen LogP) is 1.86. The molecule has 0 radical (unpaired) electrons. The molecule has 0 spiro atoms. The van der Waals surface area contributed by atoms with Crippen molar-refractivity contribution in [2.24, 2.45) is 0 Å². The summed E-state index contributed by atoms with van der Waals surface area (Å²) in [5.74, 6) is 5.36. The van der Waals surface area contributed by atoms with Crippen LogP contribution in [-0.4, -0.2) is 46.8 Å². The summed E-state index contributed by atoms with van der Waals surface area (Å²) in [6, 6.07) is 2.03. The van der Waals surface area contributed by atoms with E-state index in [0.29, 0.717) is 17.0 Å². The van der Waals surface area contributed by atoms with E-state index in [1.54, 1.807) is 11.0 Å². The van der Waals surface area contributed by atoms with Gasteiger partial charge in [-0.15, -0.1) is 11.3 Å². The highest BCUT2D eigenvalue weighted by atomic mass is 32.1. The Morgan fingerprint density at radius 3 is 2.76 bits per heavy atom. The number of thiophene rings is 1. The Morgan fingerprint density at radius 1 is 1.33 bits per heavy atom. The highest BCUT2D eigenvalue weighted by Gasteiger charge is 2.27. The topological polar surface area (TPSA) is 60.8 Å². The van der Waals surface area contributed by atoms with E-state index in [1.807, 2.05) is 5.38 Å². The first-order valence-electron chi connectivity index (χ1n) is 7.37. The number of amides is 1. The maximum Gasteiger partial charge on any atom is 0.265 e. The fourth-order valence-corrected chi connectivity index (χ4v) is 3.59. The zero-order valence-corrected chi connectivity index (χ0v) is 12.9. The summed E-state index contributed by atoms with van der Waals surface area (Å²) in [6.45, 7) is 0.131. The molecule has 2 rings (SSSR count). The number of rotatable bonds is 4. The van der Waals surface area contributed by atoms with Gasteiger partial charge in [-0.25, -0.2) is 0 Å². The molecule has 1 aliphatic rings. The summed E-state index contributed by atoms with van der Waals surface area (Å²) in [7, 11) is 0. The fourth-order valence-electron chi connectivity index (χ4n) is 2.79. The van der Waals surface area contributed by atoms with Crippen LogP contribution in [0.15, 0.2) is 11.4 Å². The van der Waals surface area contributed by atoms with Crippen molar-refractivity contribution in [2.75, 3.05) is 19.8 Å². The van der Waals surface area contributed by atoms with Crippen molar-refractivity contribution in [1.82, 2.24) is 4.90 Å². The van der Waals surface area contributed by atoms with Gasteiger partial charge in [0.1, 0.15) is 11.5 Å². The van der Waals surface area contributed by atoms with Gasteiger partial charge >= 0.3 is 0 Å². The molecule has 0 atom stereocenters. The first-order valence-corrected chi connectivity index (χ1v) is 8.25. The number of hydrogen-bond acceptors (Lipinski definition) is 4. The SMILES string of the molecule is O=C(c1sccc1C#CCO)N(CCO)C1CCCCC1. The third-order valence-corrected chi connectivity index (χ3v) is 4.68. The molecular weight excluding hydrogens is 286 g/mol. The summed E-state index contributed by atoms with van der Waals surface area (Å²) in [5.41, 5.74) is 0.665. The minimum absolute atomic E-state index is 0.0226. The molecule has 0 unspecified atom stereocenters. The van der Waals surface area contributed by atoms with Crippen LogP contribution in [0.1, 0.15) is 47.3 Å². The van der Waals surface area contributed by atoms with Gasteiger partial charge in [-0.1, -0.05) is 31.1 Å². The second kappa shape index (κ2) is 8.18. The molecule has 21 heavy (non-hydrogen) atoms. The molecule has 0 saturated heterocycles. The average molecular weight is 307 g/mol. The van der Waals surface area contributed by atoms with Gasteiger partial charge in [0.05, 0.1) is 6.61 Å². The first-order chi connectivity index (χ1) is 10.3. The highest BCUT2D eigenvalue weighted by Crippen LogP contribution is 2.26. The molecular formula is C16H21NO3S. The van der Waals surface area contributed by atoms with E-state index in [0.717, 1.165) is 25.7 Å². The highest BCUT2D eigenvalue weighted by molar-refractivity contribution is 7.12. The van der Waals surface area contributed by atoms with E-state index in [1.165, 1.54) is 17.8 Å². The summed E-state index contributed by atoms with van der Waals surface area (Å²) in [6.07, 6.45) is 5.52. The molecule has 1 amide bonds. The Kier molecular flexibility index (Phi) is 6.24. The van der Waals surface area contributed by atoms with Crippen LogP contribution in [-0.2, 0) is 0 Å². The molecule has 0 aromatic carbocycles. The van der Waals surface area contributed by atoms with Gasteiger partial charge in [-0.05, 0) is 24.3 Å². The Balaban J connectivity index is 2.19. The molecule has 1 fully saturated rings. The molecule has 1 aromatic heterocycles. The number of hydrogen-bond donors (Lipinski definition) is 2. The van der Waals surface area contributed by atoms with Crippen LogP contribution in [0.5, 0.6) is 0 Å². The molecule has 1 aliphatic carbocycles. The predicted molar refractivity (Wildman–Crippen MR) is 83.3 cm³/mol. The Labute approximate surface area is 129 Å². The summed E-state index contributed by atoms with van der Waals surface area (Å²) < 4.78 is 0. The van der Waals surface area contributed by atoms with Crippen molar-refractivity contribution in [1.29, 1.82) is 0 Å². The van der Waals surface area contributed by atoms with E-state index in [9.17, 15) is 9.90 Å². The summed E-state index contributed by atoms with van der Waals surface area (Å²) >= 11 is 1.37. The van der Waals surface area contributed by atoms with E-state index in [2.05, 4.69) is 11.8 Å². The van der Waals surface area contributed by atoms with Crippen LogP contribution in [0.25, 0.3) is 0 Å². The maximum absolute atomic E-state index is 12.8. The van der Waals surface area contributed by atoms with Crippen molar-refractivity contribution in [3.63, 3.8) is 0 Å². The minimum Gasteiger partial charge on any atom is -0.395 e. The summed E-state index contributed by atoms with van der Waals surface area (Å²) in [4.78, 5) is 15.2. The van der Waals surface area contributed by atoms with Crippen LogP contribution in [0, 0.1) is 11.8 Å². The van der Waals surface area contributed by atoms with Gasteiger partial charge in [0.15, 0.2) is 0 Å². The minimum atomic E-state index is -0.216. The van der Waals surface area contributed by atoms with Crippen molar-refractivity contribution in [3.8, 4) is 11.8 Å². The van der Waals surface area contributed by atoms with Gasteiger partial charge in [0.25, 0.3) is 5.91 Å². The van der Waals surface area contributed by atoms with Crippen LogP contribution in [0.2, 0.25) is 0 Å². The second-order valence-corrected chi connectivity index (χ2v) is 6.05. The Morgan fingerprint density at radius 2 is 2.10 bits per heavy atom. The van der Waals surface area contributed by atoms with Crippen molar-refractivity contribution in [3.05, 3.63) is 21.9 Å². The summed E-state index contributed by atoms with van der Waals surface area (Å²) in [5, 5.41) is 19.9. The quantitative estimate of drug-likeness (QED) is 0.835. The van der Waals surface area contributed by atoms with E-state index in [4.69, 9.17) is 5.11 Å². The lowest BCUT2D eigenvalue weighted by Gasteiger charge is -2.33. The maximum atomic E-state index is 12.8. The normalized spacial score (nSPS) is 15.3. The van der Waals surface area contributed by atoms with Crippen LogP contribution in [0.4, 0.5) is 0 Å². The molecule has 4 nitrogen and oxygen atoms in total. The number of carbonyl (C=O) groups excluding carboxylic acids is 1. The van der Waals surface area contributed by atoms with Gasteiger partial charge in [0.2, 0.25) is 0 Å². The van der Waals surface area contributed by atoms with Crippen LogP contribution >= 0.6 is 11.3 Å². The Bertz CT molecular complexity index is 523. The number of carbonyl (C=O) groups is 1. The van der Waals surface area contributed by atoms with E-state index < -0.39 is 0 Å². The van der Waals surface area contributed by atoms with Gasteiger partial charge < -0.3 is 15.1 Å². The molecule has 114 valence electrons. The van der Waals surface area contributed by atoms with Crippen molar-refractivity contribution >= 4 is 17.2 Å². The van der Waals surface area contributed by atoms with Crippen molar-refractivity contribution < 1.29 is 15.0 Å². The first kappa shape index (κ1) is 16.0. The molecule has 1 heterocycles. The standard InChI is InChI=1S/C16H21NO3S/c18-10-4-5-13-8-12-21-15(13)16(20)17(9-11-19)14-6-2-1-3-7-14/h8,12,14,18-19H,1-3,6-7,9-11H2. The third-order valence-electron chi connectivity index (χ3n) is 3.78. The van der Waals surface area contributed by atoms with Crippen molar-refractivity contribution in [2.45, 2.75) is 38.1 Å². The number of aliphatic hydroxyl groups is 2. The Hall–Kier alpha value is -1.35. The fraction of sp³-hybridized carbons (Fsp3) is 0.562. The number of nitrogens with zero attached hydrogens (tertiary/aromatic N) is 1. The lowest BCUT2D eigenvalue weighted by molar-refractivity contribution is 0.0590. The second-order valence-electron chi connectivity index (χ2n) is 5.14. The molecule has 5 heteroatoms. The van der Waals surface area contributed by atoms with Crippen LogP contribution < -0.4 is 0 Å². The monoisotopic (exact) mass is 307 g/mol. The largest absolute Gasteiger partial charge is 0.395 e. The van der Waals surface area contributed by atoms with Gasteiger partial charge in [0, 0.05) is 18.2 Å². The van der Waals surface area contributed by atoms with E-state index in [-0.39, 0.29) is 25.2 Å². The molecule has 1 aromatic rings. The molecule has 0 aliphatic heterocycles. The zero-order chi connectivity index (χ0) is 15.1. The van der Waals surface area contributed by atoms with Gasteiger partial charge in [-0.2, -0.15) is 0 Å². The lowest BCUT2D eigenvalue weighted by atomic mass is 9.94. The van der Waals surface area contributed by atoms with E-state index >= 15 is 0 Å². The van der Waals surface area contributed by atoms with Gasteiger partial charge in [-0.3, -0.25) is 4.79 Å². The molecule has 0 bridgehead atoms. The van der Waals surface area contributed by atoms with Crippen LogP contribution in [0.3, 0.4) is 0 Å². The smallest absolute Gasteiger partial charge is 0.265 e. The third kappa shape index (κ3) is 4.07. The zero-order valence-electron chi connectivity index (χ0n) is 12.0. The number of aliphatic hydroxyl groups excluding tert-OH is 2. The lowest BCUT2D eigenvalue weighted by Crippen LogP contribution is -2.43. The molecule has 2 N–H and O–H groups in total. The average Bonchev–Trinajstić information content (AvgIpc) is 2.99. The molecule has 1 saturated carbocycles.